The zero-order valence-corrected chi connectivity index (χ0v) is 23.4. The maximum atomic E-state index is 4.99. The first-order valence-corrected chi connectivity index (χ1v) is 19.0. The molecule has 27 heavy (non-hydrogen) atoms. The maximum absolute atomic E-state index is 4.99. The molecular formula is C21H41GeN3Si2. The van der Waals surface area contributed by atoms with E-state index in [-0.39, 0.29) is 0 Å². The summed E-state index contributed by atoms with van der Waals surface area (Å²) in [7, 11) is -2.73. The number of hydrogen-bond acceptors (Lipinski definition) is 3. The van der Waals surface area contributed by atoms with Crippen LogP contribution in [-0.2, 0) is 0 Å². The number of hydrogen-bond donors (Lipinski definition) is 0. The van der Waals surface area contributed by atoms with E-state index in [1.165, 1.54) is 5.69 Å². The van der Waals surface area contributed by atoms with Crippen LogP contribution in [0.1, 0.15) is 27.7 Å². The van der Waals surface area contributed by atoms with Gasteiger partial charge < -0.3 is 0 Å². The van der Waals surface area contributed by atoms with Gasteiger partial charge in [-0.25, -0.2) is 0 Å². The third-order valence-electron chi connectivity index (χ3n) is 4.02. The molecule has 0 unspecified atom stereocenters. The molecule has 0 aliphatic carbocycles. The van der Waals surface area contributed by atoms with Gasteiger partial charge in [-0.05, 0) is 0 Å². The van der Waals surface area contributed by atoms with Crippen LogP contribution in [0.15, 0.2) is 35.3 Å². The van der Waals surface area contributed by atoms with Crippen molar-refractivity contribution in [3.63, 3.8) is 0 Å². The minimum absolute atomic E-state index is 0.409. The van der Waals surface area contributed by atoms with E-state index in [0.29, 0.717) is 11.8 Å². The van der Waals surface area contributed by atoms with Gasteiger partial charge >= 0.3 is 178 Å². The van der Waals surface area contributed by atoms with Crippen molar-refractivity contribution in [1.82, 2.24) is 3.19 Å². The summed E-state index contributed by atoms with van der Waals surface area (Å²) in [6.07, 6.45) is 0. The van der Waals surface area contributed by atoms with E-state index in [9.17, 15) is 0 Å². The quantitative estimate of drug-likeness (QED) is 0.468. The Bertz CT molecular complexity index is 635. The molecule has 1 rings (SSSR count). The Labute approximate surface area is 177 Å². The van der Waals surface area contributed by atoms with Gasteiger partial charge in [0.1, 0.15) is 0 Å². The van der Waals surface area contributed by atoms with Crippen molar-refractivity contribution in [2.45, 2.75) is 67.0 Å². The molecule has 0 aromatic heterocycles. The van der Waals surface area contributed by atoms with Gasteiger partial charge in [-0.2, -0.15) is 0 Å². The van der Waals surface area contributed by atoms with E-state index in [1.807, 2.05) is 0 Å². The molecule has 0 saturated heterocycles. The minimum atomic E-state index is -1.36. The van der Waals surface area contributed by atoms with E-state index < -0.39 is 32.3 Å². The molecular weight excluding hydrogens is 423 g/mol. The molecule has 1 aromatic rings. The van der Waals surface area contributed by atoms with Crippen molar-refractivity contribution in [1.29, 1.82) is 0 Å². The fourth-order valence-electron chi connectivity index (χ4n) is 3.16. The molecule has 0 saturated carbocycles. The molecule has 0 heterocycles. The van der Waals surface area contributed by atoms with Crippen LogP contribution in [0.3, 0.4) is 0 Å². The topological polar surface area (TPSA) is 18.8 Å². The van der Waals surface area contributed by atoms with Crippen molar-refractivity contribution in [3.05, 3.63) is 35.7 Å². The number of anilines is 1. The molecule has 152 valence electrons. The first-order valence-electron chi connectivity index (χ1n) is 10.3. The summed E-state index contributed by atoms with van der Waals surface area (Å²) in [6.45, 7) is 26.2. The summed E-state index contributed by atoms with van der Waals surface area (Å²) in [5.41, 5.74) is 1.33. The monoisotopic (exact) mass is 465 g/mol. The average Bonchev–Trinajstić information content (AvgIpc) is 2.71. The van der Waals surface area contributed by atoms with Crippen molar-refractivity contribution in [2.75, 3.05) is 16.9 Å². The summed E-state index contributed by atoms with van der Waals surface area (Å²) in [4.78, 5) is 4.99. The summed E-state index contributed by atoms with van der Waals surface area (Å²) >= 11 is -0.409. The fraction of sp³-hybridized carbons (Fsp3) is 0.667. The molecule has 0 spiro atoms. The van der Waals surface area contributed by atoms with Crippen molar-refractivity contribution >= 4 is 38.0 Å². The number of rotatable bonds is 9. The van der Waals surface area contributed by atoms with Gasteiger partial charge in [0.05, 0.1) is 0 Å². The van der Waals surface area contributed by atoms with Gasteiger partial charge in [-0.1, -0.05) is 0 Å². The Morgan fingerprint density at radius 1 is 0.852 bits per heavy atom. The molecule has 0 bridgehead atoms. The van der Waals surface area contributed by atoms with Gasteiger partial charge in [-0.15, -0.1) is 0 Å². The van der Waals surface area contributed by atoms with Crippen LogP contribution in [-0.4, -0.2) is 48.6 Å². The van der Waals surface area contributed by atoms with Crippen LogP contribution >= 0.6 is 0 Å². The van der Waals surface area contributed by atoms with Gasteiger partial charge in [-0.3, -0.25) is 0 Å². The summed E-state index contributed by atoms with van der Waals surface area (Å²) in [5, 5.41) is 1.16. The van der Waals surface area contributed by atoms with Crippen LogP contribution in [0.2, 0.25) is 39.3 Å². The van der Waals surface area contributed by atoms with E-state index in [0.717, 1.165) is 18.4 Å². The average molecular weight is 464 g/mol. The molecule has 0 aliphatic rings. The van der Waals surface area contributed by atoms with E-state index in [2.05, 4.69) is 104 Å². The predicted molar refractivity (Wildman–Crippen MR) is 128 cm³/mol. The molecule has 2 radical (unpaired) electrons. The van der Waals surface area contributed by atoms with E-state index >= 15 is 0 Å². The molecule has 0 fully saturated rings. The Kier molecular flexibility index (Phi) is 9.52. The molecule has 0 aliphatic heterocycles. The molecule has 1 aromatic carbocycles. The van der Waals surface area contributed by atoms with Crippen LogP contribution in [0.25, 0.3) is 0 Å². The van der Waals surface area contributed by atoms with E-state index in [4.69, 9.17) is 4.99 Å². The van der Waals surface area contributed by atoms with Crippen molar-refractivity contribution in [3.8, 4) is 0 Å². The van der Waals surface area contributed by atoms with Gasteiger partial charge in [0.2, 0.25) is 0 Å². The molecule has 0 amide bonds. The molecule has 0 atom stereocenters. The zero-order chi connectivity index (χ0) is 20.8. The Balaban J connectivity index is 3.44. The van der Waals surface area contributed by atoms with Crippen molar-refractivity contribution < 1.29 is 0 Å². The summed E-state index contributed by atoms with van der Waals surface area (Å²) in [6, 6.07) is 10.9. The third kappa shape index (κ3) is 8.67. The Hall–Kier alpha value is -0.373. The first kappa shape index (κ1) is 24.7. The third-order valence-corrected chi connectivity index (χ3v) is 22.0. The predicted octanol–water partition coefficient (Wildman–Crippen LogP) is 5.21. The van der Waals surface area contributed by atoms with Crippen LogP contribution in [0.4, 0.5) is 5.69 Å². The first-order chi connectivity index (χ1) is 12.3. The van der Waals surface area contributed by atoms with Crippen molar-refractivity contribution in [2.24, 2.45) is 16.8 Å². The van der Waals surface area contributed by atoms with Gasteiger partial charge in [0.15, 0.2) is 0 Å². The SMILES string of the molecule is CC(C)CN=c1cccccc1[N](CC(C)C)[Ge][N]([Si](C)(C)C)[Si](C)(C)C. The van der Waals surface area contributed by atoms with Gasteiger partial charge in [0.25, 0.3) is 0 Å². The van der Waals surface area contributed by atoms with E-state index in [1.54, 1.807) is 0 Å². The summed E-state index contributed by atoms with van der Waals surface area (Å²) < 4.78 is 5.70. The Morgan fingerprint density at radius 3 is 1.89 bits per heavy atom. The number of nitrogens with zero attached hydrogens (tertiary/aromatic N) is 3. The van der Waals surface area contributed by atoms with Gasteiger partial charge in [0, 0.05) is 0 Å². The standard InChI is InChI=1S/C21H41GeN3Si2/c1-18(2)16-23-20-14-12-11-13-15-21(20)24(17-19(3)4)22-25(26(5,6)7)27(8,9)10/h11-15,18-19H,16-17H2,1-10H3. The fourth-order valence-corrected chi connectivity index (χ4v) is 18.9. The normalized spacial score (nSPS) is 13.7. The molecule has 6 heteroatoms. The van der Waals surface area contributed by atoms with Crippen LogP contribution in [0, 0.1) is 11.8 Å². The zero-order valence-electron chi connectivity index (χ0n) is 19.3. The van der Waals surface area contributed by atoms with Crippen LogP contribution < -0.4 is 9.21 Å². The molecule has 3 nitrogen and oxygen atoms in total. The second-order valence-electron chi connectivity index (χ2n) is 10.2. The summed E-state index contributed by atoms with van der Waals surface area (Å²) in [5.74, 6) is 1.22. The van der Waals surface area contributed by atoms with Crippen LogP contribution in [0.5, 0.6) is 0 Å². The second kappa shape index (κ2) is 10.4. The second-order valence-corrected chi connectivity index (χ2v) is 24.6. The Morgan fingerprint density at radius 2 is 1.41 bits per heavy atom. The molecule has 0 N–H and O–H groups in total.